The summed E-state index contributed by atoms with van der Waals surface area (Å²) in [6, 6.07) is 10.9. The summed E-state index contributed by atoms with van der Waals surface area (Å²) < 4.78 is 90.7. The first-order valence-corrected chi connectivity index (χ1v) is 11.5. The summed E-state index contributed by atoms with van der Waals surface area (Å²) in [5.74, 6) is -0.235. The molecule has 0 spiro atoms. The molecule has 1 heterocycles. The molecule has 0 bridgehead atoms. The van der Waals surface area contributed by atoms with Crippen molar-refractivity contribution in [3.05, 3.63) is 70.8 Å². The van der Waals surface area contributed by atoms with E-state index >= 15 is 0 Å². The van der Waals surface area contributed by atoms with Gasteiger partial charge in [-0.25, -0.2) is 4.79 Å². The summed E-state index contributed by atoms with van der Waals surface area (Å²) in [5.41, 5.74) is -2.68. The van der Waals surface area contributed by atoms with E-state index in [4.69, 9.17) is 9.47 Å². The van der Waals surface area contributed by atoms with Crippen molar-refractivity contribution in [3.63, 3.8) is 0 Å². The zero-order chi connectivity index (χ0) is 26.7. The lowest BCUT2D eigenvalue weighted by atomic mass is 9.88. The molecule has 1 fully saturated rings. The molecule has 10 heteroatoms. The Morgan fingerprint density at radius 3 is 2.03 bits per heavy atom. The average Bonchev–Trinajstić information content (AvgIpc) is 2.76. The second kappa shape index (κ2) is 10.7. The number of halogens is 6. The van der Waals surface area contributed by atoms with Crippen molar-refractivity contribution in [2.75, 3.05) is 13.1 Å². The highest BCUT2D eigenvalue weighted by Crippen LogP contribution is 2.37. The summed E-state index contributed by atoms with van der Waals surface area (Å²) in [6.45, 7) is 5.42. The van der Waals surface area contributed by atoms with Gasteiger partial charge in [-0.3, -0.25) is 0 Å². The molecule has 0 N–H and O–H groups in total. The highest BCUT2D eigenvalue weighted by atomic mass is 19.4. The van der Waals surface area contributed by atoms with Gasteiger partial charge in [-0.15, -0.1) is 0 Å². The minimum absolute atomic E-state index is 0.0982. The molecule has 2 aromatic rings. The SMILES string of the molecule is CC(C)(C)OC(=O)N1CC[C@H](OCc2cc(C(F)(F)F)cc(C(F)(F)F)c2)[C@H](Cc2ccccc2)C1. The standard InChI is InChI=1S/C26H29F6NO3/c1-24(2,3)36-23(34)33-10-9-22(19(15-33)11-17-7-5-4-6-8-17)35-16-18-12-20(25(27,28)29)14-21(13-18)26(30,31)32/h4-8,12-14,19,22H,9-11,15-16H2,1-3H3/t19-,22+/m1/s1. The summed E-state index contributed by atoms with van der Waals surface area (Å²) in [6.07, 6.45) is -9.93. The Bertz CT molecular complexity index is 998. The van der Waals surface area contributed by atoms with Gasteiger partial charge in [0.05, 0.1) is 23.8 Å². The van der Waals surface area contributed by atoms with Crippen LogP contribution < -0.4 is 0 Å². The Labute approximate surface area is 206 Å². The Kier molecular flexibility index (Phi) is 8.27. The van der Waals surface area contributed by atoms with Gasteiger partial charge in [-0.2, -0.15) is 26.3 Å². The van der Waals surface area contributed by atoms with Gasteiger partial charge < -0.3 is 14.4 Å². The van der Waals surface area contributed by atoms with Gasteiger partial charge in [0.25, 0.3) is 0 Å². The molecule has 3 rings (SSSR count). The predicted molar refractivity (Wildman–Crippen MR) is 121 cm³/mol. The lowest BCUT2D eigenvalue weighted by Crippen LogP contribution is -2.49. The van der Waals surface area contributed by atoms with Crippen LogP contribution in [0.5, 0.6) is 0 Å². The molecule has 1 aliphatic heterocycles. The zero-order valence-corrected chi connectivity index (χ0v) is 20.2. The molecule has 36 heavy (non-hydrogen) atoms. The van der Waals surface area contributed by atoms with Crippen LogP contribution in [-0.2, 0) is 34.9 Å². The normalized spacial score (nSPS) is 19.3. The highest BCUT2D eigenvalue weighted by molar-refractivity contribution is 5.68. The van der Waals surface area contributed by atoms with Crippen LogP contribution in [0.2, 0.25) is 0 Å². The van der Waals surface area contributed by atoms with Crippen LogP contribution in [0.1, 0.15) is 49.4 Å². The van der Waals surface area contributed by atoms with Crippen molar-refractivity contribution in [1.82, 2.24) is 4.90 Å². The molecule has 2 aromatic carbocycles. The Morgan fingerprint density at radius 2 is 1.50 bits per heavy atom. The number of likely N-dealkylation sites (tertiary alicyclic amines) is 1. The molecule has 0 aliphatic carbocycles. The Balaban J connectivity index is 1.79. The fourth-order valence-corrected chi connectivity index (χ4v) is 4.14. The molecule has 1 aliphatic rings. The number of alkyl halides is 6. The minimum atomic E-state index is -4.93. The van der Waals surface area contributed by atoms with Gasteiger partial charge in [0.1, 0.15) is 5.60 Å². The van der Waals surface area contributed by atoms with Gasteiger partial charge in [0, 0.05) is 19.0 Å². The molecule has 1 saturated heterocycles. The highest BCUT2D eigenvalue weighted by Gasteiger charge is 2.38. The third kappa shape index (κ3) is 7.88. The number of hydrogen-bond acceptors (Lipinski definition) is 3. The van der Waals surface area contributed by atoms with E-state index < -0.39 is 47.9 Å². The van der Waals surface area contributed by atoms with Crippen LogP contribution >= 0.6 is 0 Å². The minimum Gasteiger partial charge on any atom is -0.444 e. The summed E-state index contributed by atoms with van der Waals surface area (Å²) in [5, 5.41) is 0. The van der Waals surface area contributed by atoms with Crippen LogP contribution in [0.15, 0.2) is 48.5 Å². The first-order chi connectivity index (χ1) is 16.6. The first-order valence-electron chi connectivity index (χ1n) is 11.5. The number of carbonyl (C=O) groups is 1. The van der Waals surface area contributed by atoms with E-state index in [0.717, 1.165) is 5.56 Å². The third-order valence-electron chi connectivity index (χ3n) is 5.77. The van der Waals surface area contributed by atoms with Gasteiger partial charge in [0.15, 0.2) is 0 Å². The van der Waals surface area contributed by atoms with E-state index in [-0.39, 0.29) is 24.1 Å². The van der Waals surface area contributed by atoms with Gasteiger partial charge in [-0.05, 0) is 62.9 Å². The molecule has 0 saturated carbocycles. The van der Waals surface area contributed by atoms with Crippen molar-refractivity contribution in [3.8, 4) is 0 Å². The second-order valence-electron chi connectivity index (χ2n) is 9.93. The van der Waals surface area contributed by atoms with E-state index in [1.165, 1.54) is 0 Å². The van der Waals surface area contributed by atoms with Crippen LogP contribution in [-0.4, -0.2) is 35.8 Å². The van der Waals surface area contributed by atoms with E-state index in [9.17, 15) is 31.1 Å². The monoisotopic (exact) mass is 517 g/mol. The third-order valence-corrected chi connectivity index (χ3v) is 5.77. The predicted octanol–water partition coefficient (Wildman–Crippen LogP) is 7.11. The largest absolute Gasteiger partial charge is 0.444 e. The number of amides is 1. The van der Waals surface area contributed by atoms with E-state index in [1.807, 2.05) is 30.3 Å². The number of rotatable bonds is 5. The summed E-state index contributed by atoms with van der Waals surface area (Å²) in [4.78, 5) is 14.2. The molecule has 1 amide bonds. The second-order valence-corrected chi connectivity index (χ2v) is 9.93. The lowest BCUT2D eigenvalue weighted by molar-refractivity contribution is -0.143. The zero-order valence-electron chi connectivity index (χ0n) is 20.2. The molecule has 0 unspecified atom stereocenters. The van der Waals surface area contributed by atoms with Crippen LogP contribution in [0.25, 0.3) is 0 Å². The van der Waals surface area contributed by atoms with Crippen molar-refractivity contribution in [2.45, 2.75) is 64.3 Å². The summed E-state index contributed by atoms with van der Waals surface area (Å²) >= 11 is 0. The Morgan fingerprint density at radius 1 is 0.917 bits per heavy atom. The molecular formula is C26H29F6NO3. The van der Waals surface area contributed by atoms with Crippen LogP contribution in [0.3, 0.4) is 0 Å². The molecule has 0 aromatic heterocycles. The average molecular weight is 518 g/mol. The topological polar surface area (TPSA) is 38.8 Å². The Hall–Kier alpha value is -2.75. The van der Waals surface area contributed by atoms with Crippen LogP contribution in [0, 0.1) is 5.92 Å². The quantitative estimate of drug-likeness (QED) is 0.397. The summed E-state index contributed by atoms with van der Waals surface area (Å²) in [7, 11) is 0. The maximum absolute atomic E-state index is 13.2. The molecule has 4 nitrogen and oxygen atoms in total. The number of ether oxygens (including phenoxy) is 2. The van der Waals surface area contributed by atoms with Crippen LogP contribution in [0.4, 0.5) is 31.1 Å². The fourth-order valence-electron chi connectivity index (χ4n) is 4.14. The van der Waals surface area contributed by atoms with Crippen molar-refractivity contribution in [1.29, 1.82) is 0 Å². The van der Waals surface area contributed by atoms with E-state index in [2.05, 4.69) is 0 Å². The smallest absolute Gasteiger partial charge is 0.416 e. The molecule has 2 atom stereocenters. The number of piperidine rings is 1. The van der Waals surface area contributed by atoms with E-state index in [1.54, 1.807) is 25.7 Å². The number of benzene rings is 2. The molecule has 0 radical (unpaired) electrons. The van der Waals surface area contributed by atoms with Crippen molar-refractivity contribution in [2.24, 2.45) is 5.92 Å². The molecular weight excluding hydrogens is 488 g/mol. The van der Waals surface area contributed by atoms with Gasteiger partial charge >= 0.3 is 18.4 Å². The lowest BCUT2D eigenvalue weighted by Gasteiger charge is -2.39. The van der Waals surface area contributed by atoms with Crippen molar-refractivity contribution < 1.29 is 40.6 Å². The first kappa shape index (κ1) is 27.8. The number of nitrogens with zero attached hydrogens (tertiary/aromatic N) is 1. The molecule has 198 valence electrons. The van der Waals surface area contributed by atoms with Gasteiger partial charge in [0.2, 0.25) is 0 Å². The maximum Gasteiger partial charge on any atom is 0.416 e. The number of hydrogen-bond donors (Lipinski definition) is 0. The number of carbonyl (C=O) groups excluding carboxylic acids is 1. The van der Waals surface area contributed by atoms with Gasteiger partial charge in [-0.1, -0.05) is 30.3 Å². The van der Waals surface area contributed by atoms with Crippen molar-refractivity contribution >= 4 is 6.09 Å². The van der Waals surface area contributed by atoms with E-state index in [0.29, 0.717) is 31.5 Å². The maximum atomic E-state index is 13.2. The fraction of sp³-hybridized carbons (Fsp3) is 0.500.